The van der Waals surface area contributed by atoms with Crippen LogP contribution in [0.15, 0.2) is 52.2 Å². The van der Waals surface area contributed by atoms with Crippen LogP contribution in [0, 0.1) is 0 Å². The fourth-order valence-electron chi connectivity index (χ4n) is 3.82. The standard InChI is InChI=1S/C26H30ClN9O4/c1-5-35(6-2)14-20-23(30-34-36(20)25-24(28)32-40-33-25)26(37)31-29-16(3)17-11-12-21(22(13-17)38-4)39-15-18-9-7-8-10-19(18)27/h7-13H,5-6,14-15H2,1-4H3,(H2,28,32)(H,31,37)/b29-16+. The van der Waals surface area contributed by atoms with E-state index in [1.54, 1.807) is 26.2 Å². The number of carbonyl (C=O) groups excluding carboxylic acids is 1. The highest BCUT2D eigenvalue weighted by atomic mass is 35.5. The number of nitrogens with one attached hydrogen (secondary N) is 1. The number of hydrogen-bond acceptors (Lipinski definition) is 11. The average molecular weight is 568 g/mol. The summed E-state index contributed by atoms with van der Waals surface area (Å²) < 4.78 is 17.5. The smallest absolute Gasteiger partial charge is 0.293 e. The number of nitrogens with two attached hydrogens (primary N) is 1. The molecule has 0 saturated heterocycles. The van der Waals surface area contributed by atoms with Gasteiger partial charge in [-0.1, -0.05) is 48.9 Å². The Morgan fingerprint density at radius 1 is 1.18 bits per heavy atom. The van der Waals surface area contributed by atoms with Crippen LogP contribution >= 0.6 is 11.6 Å². The van der Waals surface area contributed by atoms with E-state index >= 15 is 0 Å². The first-order valence-electron chi connectivity index (χ1n) is 12.5. The summed E-state index contributed by atoms with van der Waals surface area (Å²) in [6.45, 7) is 7.92. The predicted molar refractivity (Wildman–Crippen MR) is 149 cm³/mol. The van der Waals surface area contributed by atoms with Crippen LogP contribution in [0.25, 0.3) is 5.82 Å². The van der Waals surface area contributed by atoms with E-state index < -0.39 is 5.91 Å². The molecule has 210 valence electrons. The lowest BCUT2D eigenvalue weighted by Crippen LogP contribution is -2.27. The molecule has 0 fully saturated rings. The molecule has 14 heteroatoms. The van der Waals surface area contributed by atoms with Crippen molar-refractivity contribution in [2.75, 3.05) is 25.9 Å². The van der Waals surface area contributed by atoms with Crippen LogP contribution in [-0.2, 0) is 13.2 Å². The topological polar surface area (TPSA) is 159 Å². The summed E-state index contributed by atoms with van der Waals surface area (Å²) >= 11 is 6.23. The first-order valence-corrected chi connectivity index (χ1v) is 12.9. The number of methoxy groups -OCH3 is 1. The van der Waals surface area contributed by atoms with Gasteiger partial charge in [-0.3, -0.25) is 9.69 Å². The summed E-state index contributed by atoms with van der Waals surface area (Å²) in [5.74, 6) is 0.683. The zero-order valence-corrected chi connectivity index (χ0v) is 23.3. The molecule has 4 rings (SSSR count). The maximum absolute atomic E-state index is 13.2. The first-order chi connectivity index (χ1) is 19.4. The molecule has 3 N–H and O–H groups in total. The Bertz CT molecular complexity index is 1500. The third-order valence-electron chi connectivity index (χ3n) is 6.19. The Morgan fingerprint density at radius 3 is 2.62 bits per heavy atom. The molecule has 2 aromatic heterocycles. The van der Waals surface area contributed by atoms with Crippen LogP contribution in [0.5, 0.6) is 11.5 Å². The predicted octanol–water partition coefficient (Wildman–Crippen LogP) is 3.47. The minimum absolute atomic E-state index is 0.0276. The third-order valence-corrected chi connectivity index (χ3v) is 6.56. The van der Waals surface area contributed by atoms with Gasteiger partial charge in [-0.2, -0.15) is 9.78 Å². The molecule has 0 radical (unpaired) electrons. The Labute approximate surface area is 235 Å². The van der Waals surface area contributed by atoms with Crippen molar-refractivity contribution in [2.45, 2.75) is 33.9 Å². The second kappa shape index (κ2) is 13.0. The number of amides is 1. The third kappa shape index (κ3) is 6.38. The van der Waals surface area contributed by atoms with Crippen LogP contribution in [0.1, 0.15) is 48.1 Å². The van der Waals surface area contributed by atoms with Crippen LogP contribution in [0.3, 0.4) is 0 Å². The molecule has 4 aromatic rings. The molecule has 0 aliphatic rings. The Hall–Kier alpha value is -4.49. The van der Waals surface area contributed by atoms with Crippen molar-refractivity contribution in [2.24, 2.45) is 5.10 Å². The maximum Gasteiger partial charge on any atom is 0.293 e. The van der Waals surface area contributed by atoms with Crippen molar-refractivity contribution in [3.8, 4) is 17.3 Å². The SMILES string of the molecule is CCN(CC)Cc1c(C(=O)N/N=C(\C)c2ccc(OCc3ccccc3Cl)c(OC)c2)nnn1-c1nonc1N. The van der Waals surface area contributed by atoms with Gasteiger partial charge in [0.2, 0.25) is 11.6 Å². The molecule has 0 bridgehead atoms. The Balaban J connectivity index is 1.52. The number of hydrazone groups is 1. The van der Waals surface area contributed by atoms with Crippen molar-refractivity contribution < 1.29 is 18.9 Å². The van der Waals surface area contributed by atoms with E-state index in [1.165, 1.54) is 4.68 Å². The molecule has 1 amide bonds. The van der Waals surface area contributed by atoms with Gasteiger partial charge in [0.15, 0.2) is 17.2 Å². The van der Waals surface area contributed by atoms with Crippen LogP contribution < -0.4 is 20.6 Å². The monoisotopic (exact) mass is 567 g/mol. The number of carbonyl (C=O) groups is 1. The van der Waals surface area contributed by atoms with Crippen LogP contribution in [0.4, 0.5) is 5.82 Å². The van der Waals surface area contributed by atoms with E-state index in [-0.39, 0.29) is 23.9 Å². The van der Waals surface area contributed by atoms with Gasteiger partial charge in [-0.05, 0) is 54.6 Å². The summed E-state index contributed by atoms with van der Waals surface area (Å²) in [5, 5.41) is 20.4. The number of hydrogen-bond donors (Lipinski definition) is 2. The van der Waals surface area contributed by atoms with Crippen LogP contribution in [-0.4, -0.2) is 62.0 Å². The molecular formula is C26H30ClN9O4. The van der Waals surface area contributed by atoms with Crippen LogP contribution in [0.2, 0.25) is 5.02 Å². The summed E-state index contributed by atoms with van der Waals surface area (Å²) in [4.78, 5) is 15.2. The highest BCUT2D eigenvalue weighted by Gasteiger charge is 2.25. The lowest BCUT2D eigenvalue weighted by molar-refractivity contribution is 0.0947. The highest BCUT2D eigenvalue weighted by molar-refractivity contribution is 6.31. The van der Waals surface area contributed by atoms with E-state index in [2.05, 4.69) is 36.1 Å². The molecule has 0 atom stereocenters. The lowest BCUT2D eigenvalue weighted by atomic mass is 10.1. The van der Waals surface area contributed by atoms with E-state index in [4.69, 9.17) is 31.4 Å². The normalized spacial score (nSPS) is 11.6. The Morgan fingerprint density at radius 2 is 1.95 bits per heavy atom. The Kier molecular flexibility index (Phi) is 9.30. The number of aromatic nitrogens is 5. The zero-order valence-electron chi connectivity index (χ0n) is 22.6. The molecule has 2 aromatic carbocycles. The fraction of sp³-hybridized carbons (Fsp3) is 0.308. The van der Waals surface area contributed by atoms with Crippen molar-refractivity contribution in [1.82, 2.24) is 35.6 Å². The number of nitrogens with zero attached hydrogens (tertiary/aromatic N) is 7. The molecule has 0 unspecified atom stereocenters. The molecule has 40 heavy (non-hydrogen) atoms. The van der Waals surface area contributed by atoms with Gasteiger partial charge in [0.05, 0.1) is 18.5 Å². The first kappa shape index (κ1) is 28.5. The van der Waals surface area contributed by atoms with E-state index in [1.807, 2.05) is 44.2 Å². The van der Waals surface area contributed by atoms with Gasteiger partial charge < -0.3 is 15.2 Å². The summed E-state index contributed by atoms with van der Waals surface area (Å²) in [7, 11) is 1.55. The molecular weight excluding hydrogens is 538 g/mol. The van der Waals surface area contributed by atoms with E-state index in [0.717, 1.165) is 24.2 Å². The van der Waals surface area contributed by atoms with Gasteiger partial charge in [0.25, 0.3) is 5.91 Å². The second-order valence-electron chi connectivity index (χ2n) is 8.61. The quantitative estimate of drug-likeness (QED) is 0.192. The van der Waals surface area contributed by atoms with Gasteiger partial charge in [-0.15, -0.1) is 5.10 Å². The van der Waals surface area contributed by atoms with E-state index in [9.17, 15) is 4.79 Å². The van der Waals surface area contributed by atoms with Crippen molar-refractivity contribution in [3.63, 3.8) is 0 Å². The number of ether oxygens (including phenoxy) is 2. The number of anilines is 1. The summed E-state index contributed by atoms with van der Waals surface area (Å²) in [6, 6.07) is 12.8. The number of halogens is 1. The van der Waals surface area contributed by atoms with Crippen molar-refractivity contribution in [3.05, 3.63) is 70.0 Å². The molecule has 0 aliphatic heterocycles. The minimum Gasteiger partial charge on any atom is -0.493 e. The van der Waals surface area contributed by atoms with Crippen molar-refractivity contribution in [1.29, 1.82) is 0 Å². The molecule has 0 saturated carbocycles. The number of benzene rings is 2. The van der Waals surface area contributed by atoms with Gasteiger partial charge in [0, 0.05) is 22.7 Å². The number of nitrogen functional groups attached to an aromatic ring is 1. The van der Waals surface area contributed by atoms with Crippen molar-refractivity contribution >= 4 is 29.0 Å². The van der Waals surface area contributed by atoms with Gasteiger partial charge in [0.1, 0.15) is 6.61 Å². The average Bonchev–Trinajstić information content (AvgIpc) is 3.59. The number of rotatable bonds is 12. The minimum atomic E-state index is -0.547. The fourth-order valence-corrected chi connectivity index (χ4v) is 4.01. The molecule has 13 nitrogen and oxygen atoms in total. The molecule has 0 spiro atoms. The maximum atomic E-state index is 13.2. The zero-order chi connectivity index (χ0) is 28.6. The summed E-state index contributed by atoms with van der Waals surface area (Å²) in [5.41, 5.74) is 11.1. The summed E-state index contributed by atoms with van der Waals surface area (Å²) in [6.07, 6.45) is 0. The largest absolute Gasteiger partial charge is 0.493 e. The van der Waals surface area contributed by atoms with Gasteiger partial charge >= 0.3 is 0 Å². The van der Waals surface area contributed by atoms with E-state index in [0.29, 0.717) is 34.5 Å². The highest BCUT2D eigenvalue weighted by Crippen LogP contribution is 2.30. The molecule has 0 aliphatic carbocycles. The van der Waals surface area contributed by atoms with Gasteiger partial charge in [-0.25, -0.2) is 10.1 Å². The molecule has 2 heterocycles. The lowest BCUT2D eigenvalue weighted by Gasteiger charge is -2.18. The second-order valence-corrected chi connectivity index (χ2v) is 9.02.